The van der Waals surface area contributed by atoms with Gasteiger partial charge in [0.25, 0.3) is 0 Å². The molecule has 0 atom stereocenters. The molecule has 56 valence electrons. The Morgan fingerprint density at radius 1 is 1.45 bits per heavy atom. The Morgan fingerprint density at radius 3 is 1.64 bits per heavy atom. The van der Waals surface area contributed by atoms with Gasteiger partial charge in [0, 0.05) is 6.08 Å². The van der Waals surface area contributed by atoms with E-state index in [0.29, 0.717) is 0 Å². The van der Waals surface area contributed by atoms with Crippen molar-refractivity contribution >= 4 is 11.9 Å². The third-order valence-electron chi connectivity index (χ3n) is 0.360. The van der Waals surface area contributed by atoms with Gasteiger partial charge in [-0.25, -0.2) is 4.79 Å². The summed E-state index contributed by atoms with van der Waals surface area (Å²) >= 11 is 0. The minimum Gasteiger partial charge on any atom is -0.859 e. The van der Waals surface area contributed by atoms with Crippen molar-refractivity contribution in [2.75, 3.05) is 0 Å². The van der Waals surface area contributed by atoms with E-state index in [9.17, 15) is 9.90 Å². The molecular formula is C6H8KNO3. The monoisotopic (exact) mass is 181 g/mol. The quantitative estimate of drug-likeness (QED) is 0.203. The van der Waals surface area contributed by atoms with E-state index >= 15 is 0 Å². The molecule has 4 nitrogen and oxygen atoms in total. The first-order valence-corrected chi connectivity index (χ1v) is 2.28. The van der Waals surface area contributed by atoms with Crippen molar-refractivity contribution in [3.05, 3.63) is 25.3 Å². The molecule has 0 aliphatic rings. The van der Waals surface area contributed by atoms with Crippen LogP contribution in [0.1, 0.15) is 0 Å². The van der Waals surface area contributed by atoms with Gasteiger partial charge < -0.3 is 15.6 Å². The second kappa shape index (κ2) is 12.7. The van der Waals surface area contributed by atoms with Crippen LogP contribution in [0.15, 0.2) is 25.3 Å². The van der Waals surface area contributed by atoms with Gasteiger partial charge in [-0.2, -0.15) is 0 Å². The first-order chi connectivity index (χ1) is 4.54. The van der Waals surface area contributed by atoms with Crippen molar-refractivity contribution in [1.29, 1.82) is 5.41 Å². The van der Waals surface area contributed by atoms with Crippen LogP contribution in [0.25, 0.3) is 0 Å². The van der Waals surface area contributed by atoms with E-state index in [-0.39, 0.29) is 51.4 Å². The van der Waals surface area contributed by atoms with E-state index in [1.807, 2.05) is 0 Å². The summed E-state index contributed by atoms with van der Waals surface area (Å²) in [5.74, 6) is -1.71. The van der Waals surface area contributed by atoms with Crippen molar-refractivity contribution < 1.29 is 66.4 Å². The van der Waals surface area contributed by atoms with E-state index in [0.717, 1.165) is 12.2 Å². The topological polar surface area (TPSA) is 84.2 Å². The summed E-state index contributed by atoms with van der Waals surface area (Å²) in [6.07, 6.45) is 1.78. The average Bonchev–Trinajstić information content (AvgIpc) is 1.89. The Kier molecular flexibility index (Phi) is 19.9. The zero-order valence-electron chi connectivity index (χ0n) is 6.33. The van der Waals surface area contributed by atoms with E-state index < -0.39 is 11.9 Å². The van der Waals surface area contributed by atoms with Crippen molar-refractivity contribution in [2.45, 2.75) is 0 Å². The van der Waals surface area contributed by atoms with Crippen LogP contribution in [0.4, 0.5) is 0 Å². The van der Waals surface area contributed by atoms with Gasteiger partial charge in [-0.15, -0.1) is 0 Å². The molecule has 0 saturated heterocycles. The number of carboxylic acids is 1. The summed E-state index contributed by atoms with van der Waals surface area (Å²) in [5.41, 5.74) is 0. The van der Waals surface area contributed by atoms with Crippen LogP contribution in [0.5, 0.6) is 0 Å². The van der Waals surface area contributed by atoms with E-state index in [1.165, 1.54) is 0 Å². The Balaban J connectivity index is -0.000000107. The summed E-state index contributed by atoms with van der Waals surface area (Å²) in [6.45, 7) is 5.98. The van der Waals surface area contributed by atoms with Crippen LogP contribution < -0.4 is 56.5 Å². The summed E-state index contributed by atoms with van der Waals surface area (Å²) < 4.78 is 0. The van der Waals surface area contributed by atoms with Crippen LogP contribution in [-0.4, -0.2) is 17.0 Å². The molecule has 0 fully saturated rings. The number of hydrogen-bond donors (Lipinski definition) is 2. The first kappa shape index (κ1) is 17.2. The van der Waals surface area contributed by atoms with Crippen molar-refractivity contribution in [2.24, 2.45) is 0 Å². The standard InChI is InChI=1S/C3H5NO.C3H4O2.K/c2*1-2-3(4)5;/h2H,1H2,(H2,4,5);2H,1H2,(H,4,5);/q;;+1/p-1. The van der Waals surface area contributed by atoms with Crippen LogP contribution in [0.3, 0.4) is 0 Å². The Labute approximate surface area is 108 Å². The van der Waals surface area contributed by atoms with Gasteiger partial charge in [0.1, 0.15) is 0 Å². The van der Waals surface area contributed by atoms with Crippen molar-refractivity contribution in [3.8, 4) is 0 Å². The van der Waals surface area contributed by atoms with Crippen molar-refractivity contribution in [1.82, 2.24) is 0 Å². The molecule has 0 aromatic rings. The minimum atomic E-state index is -0.981. The van der Waals surface area contributed by atoms with Gasteiger partial charge in [0.15, 0.2) is 0 Å². The van der Waals surface area contributed by atoms with Gasteiger partial charge in [-0.1, -0.05) is 19.2 Å². The molecule has 2 N–H and O–H groups in total. The smallest absolute Gasteiger partial charge is 0.859 e. The van der Waals surface area contributed by atoms with Crippen molar-refractivity contribution in [3.63, 3.8) is 0 Å². The molecule has 0 aliphatic heterocycles. The number of nitrogens with one attached hydrogen (secondary N) is 1. The molecule has 0 aliphatic carbocycles. The molecule has 5 heteroatoms. The Bertz CT molecular complexity index is 138. The molecule has 0 aromatic heterocycles. The zero-order valence-corrected chi connectivity index (χ0v) is 9.46. The molecule has 0 bridgehead atoms. The predicted molar refractivity (Wildman–Crippen MR) is 35.8 cm³/mol. The number of carbonyl (C=O) groups is 1. The first-order valence-electron chi connectivity index (χ1n) is 2.28. The fraction of sp³-hybridized carbons (Fsp3) is 0. The number of rotatable bonds is 2. The molecule has 0 unspecified atom stereocenters. The van der Waals surface area contributed by atoms with Gasteiger partial charge in [0.05, 0.1) is 0 Å². The molecule has 0 saturated carbocycles. The average molecular weight is 181 g/mol. The Morgan fingerprint density at radius 2 is 1.64 bits per heavy atom. The second-order valence-electron chi connectivity index (χ2n) is 1.11. The fourth-order valence-electron chi connectivity index (χ4n) is 0. The number of carboxylic acid groups (broad SMARTS) is 1. The van der Waals surface area contributed by atoms with Gasteiger partial charge in [-0.3, -0.25) is 0 Å². The van der Waals surface area contributed by atoms with Gasteiger partial charge >= 0.3 is 57.4 Å². The summed E-state index contributed by atoms with van der Waals surface area (Å²) in [7, 11) is 0. The van der Waals surface area contributed by atoms with Gasteiger partial charge in [-0.05, 0) is 5.90 Å². The van der Waals surface area contributed by atoms with E-state index in [4.69, 9.17) is 10.5 Å². The molecule has 11 heavy (non-hydrogen) atoms. The normalized spacial score (nSPS) is 5.82. The second-order valence-corrected chi connectivity index (χ2v) is 1.11. The molecule has 0 aromatic carbocycles. The van der Waals surface area contributed by atoms with Gasteiger partial charge in [0.2, 0.25) is 0 Å². The SMILES string of the molecule is C=CC(=N)[O-].C=CC(=O)O.[K+]. The molecular weight excluding hydrogens is 173 g/mol. The third kappa shape index (κ3) is 39.7. The molecule has 0 amide bonds. The molecule has 0 spiro atoms. The minimum absolute atomic E-state index is 0. The summed E-state index contributed by atoms with van der Waals surface area (Å²) in [5, 5.41) is 23.0. The number of hydrogen-bond acceptors (Lipinski definition) is 3. The van der Waals surface area contributed by atoms with Crippen LogP contribution >= 0.6 is 0 Å². The zero-order chi connectivity index (χ0) is 8.57. The molecule has 0 rings (SSSR count). The summed E-state index contributed by atoms with van der Waals surface area (Å²) in [6, 6.07) is 0. The Hall–Kier alpha value is 0.0564. The maximum atomic E-state index is 9.36. The van der Waals surface area contributed by atoms with Crippen LogP contribution in [-0.2, 0) is 4.79 Å². The maximum Gasteiger partial charge on any atom is 1.00 e. The van der Waals surface area contributed by atoms with Crippen LogP contribution in [0, 0.1) is 5.41 Å². The van der Waals surface area contributed by atoms with E-state index in [1.54, 1.807) is 0 Å². The number of aliphatic carboxylic acids is 1. The van der Waals surface area contributed by atoms with Crippen LogP contribution in [0.2, 0.25) is 0 Å². The third-order valence-corrected chi connectivity index (χ3v) is 0.360. The molecule has 0 heterocycles. The largest absolute Gasteiger partial charge is 1.00 e. The molecule has 0 radical (unpaired) electrons. The fourth-order valence-corrected chi connectivity index (χ4v) is 0. The maximum absolute atomic E-state index is 9.36. The van der Waals surface area contributed by atoms with E-state index in [2.05, 4.69) is 13.2 Å². The predicted octanol–water partition coefficient (Wildman–Crippen LogP) is -3.23. The summed E-state index contributed by atoms with van der Waals surface area (Å²) in [4.78, 5) is 9.25.